The van der Waals surface area contributed by atoms with Crippen LogP contribution in [0.4, 0.5) is 0 Å². The summed E-state index contributed by atoms with van der Waals surface area (Å²) in [6, 6.07) is 9.01. The van der Waals surface area contributed by atoms with Crippen LogP contribution in [0.2, 0.25) is 0 Å². The summed E-state index contributed by atoms with van der Waals surface area (Å²) in [6.45, 7) is 3.86. The van der Waals surface area contributed by atoms with Crippen molar-refractivity contribution in [3.63, 3.8) is 0 Å². The van der Waals surface area contributed by atoms with Gasteiger partial charge in [0, 0.05) is 48.3 Å². The largest absolute Gasteiger partial charge is 0.508 e. The molecule has 2 aromatic carbocycles. The molecule has 2 aromatic heterocycles. The molecule has 13 heteroatoms. The summed E-state index contributed by atoms with van der Waals surface area (Å²) in [6.07, 6.45) is 5.09. The van der Waals surface area contributed by atoms with Crippen LogP contribution in [0.1, 0.15) is 37.1 Å². The smallest absolute Gasteiger partial charge is 0.326 e. The SMILES string of the molecule is CC(C)C[C@H](N)C(=O)N[C@@H](Cc1cnc[nH]1)C(=O)N[C@@H](Cc1ccc(O)cc1)C(=O)N[C@@H](Cc1c[nH]c2ccccc12)C(=O)O. The molecule has 0 aliphatic rings. The van der Waals surface area contributed by atoms with Gasteiger partial charge in [-0.3, -0.25) is 14.4 Å². The summed E-state index contributed by atoms with van der Waals surface area (Å²) in [7, 11) is 0. The van der Waals surface area contributed by atoms with Crippen molar-refractivity contribution in [1.82, 2.24) is 30.9 Å². The number of nitrogens with two attached hydrogens (primary N) is 1. The molecule has 0 spiro atoms. The van der Waals surface area contributed by atoms with E-state index in [-0.39, 0.29) is 30.9 Å². The van der Waals surface area contributed by atoms with Gasteiger partial charge in [-0.05, 0) is 41.7 Å². The lowest BCUT2D eigenvalue weighted by atomic mass is 10.0. The number of carboxylic acid groups (broad SMARTS) is 1. The molecule has 0 unspecified atom stereocenters. The van der Waals surface area contributed by atoms with Crippen molar-refractivity contribution in [3.05, 3.63) is 84.1 Å². The number of rotatable bonds is 15. The first-order valence-corrected chi connectivity index (χ1v) is 14.7. The van der Waals surface area contributed by atoms with E-state index in [0.29, 0.717) is 23.2 Å². The molecule has 238 valence electrons. The minimum absolute atomic E-state index is 0.00277. The molecule has 0 saturated heterocycles. The number of benzene rings is 2. The monoisotopic (exact) mass is 617 g/mol. The third-order valence-corrected chi connectivity index (χ3v) is 7.40. The second kappa shape index (κ2) is 15.0. The number of carbonyl (C=O) groups is 4. The lowest BCUT2D eigenvalue weighted by Gasteiger charge is -2.25. The summed E-state index contributed by atoms with van der Waals surface area (Å²) in [5.41, 5.74) is 8.78. The molecule has 4 aromatic rings. The number of aliphatic carboxylic acids is 1. The van der Waals surface area contributed by atoms with Crippen LogP contribution in [0.3, 0.4) is 0 Å². The first-order valence-electron chi connectivity index (χ1n) is 14.7. The van der Waals surface area contributed by atoms with E-state index in [1.165, 1.54) is 24.7 Å². The number of amides is 3. The van der Waals surface area contributed by atoms with E-state index in [1.54, 1.807) is 18.3 Å². The minimum Gasteiger partial charge on any atom is -0.508 e. The Bertz CT molecular complexity index is 1600. The summed E-state index contributed by atoms with van der Waals surface area (Å²) >= 11 is 0. The molecule has 13 nitrogen and oxygen atoms in total. The van der Waals surface area contributed by atoms with Gasteiger partial charge in [-0.25, -0.2) is 9.78 Å². The highest BCUT2D eigenvalue weighted by molar-refractivity contribution is 5.94. The number of imidazole rings is 1. The molecular formula is C32H39N7O6. The Kier molecular flexibility index (Phi) is 10.9. The van der Waals surface area contributed by atoms with Gasteiger partial charge >= 0.3 is 5.97 Å². The number of hydrogen-bond donors (Lipinski definition) is 8. The van der Waals surface area contributed by atoms with Crippen LogP contribution < -0.4 is 21.7 Å². The van der Waals surface area contributed by atoms with Crippen molar-refractivity contribution >= 4 is 34.6 Å². The number of nitrogens with one attached hydrogen (secondary N) is 5. The summed E-state index contributed by atoms with van der Waals surface area (Å²) in [5.74, 6) is -2.99. The van der Waals surface area contributed by atoms with Gasteiger partial charge in [0.25, 0.3) is 0 Å². The van der Waals surface area contributed by atoms with Crippen LogP contribution in [0.25, 0.3) is 10.9 Å². The standard InChI is InChI=1S/C32H39N7O6/c1-18(2)11-24(33)29(41)37-27(14-21-16-34-17-36-21)31(43)38-26(12-19-7-9-22(40)10-8-19)30(42)39-28(32(44)45)13-20-15-35-25-6-4-3-5-23(20)25/h3-10,15-18,24,26-28,35,40H,11-14,33H2,1-2H3,(H,34,36)(H,37,41)(H,38,43)(H,39,42)(H,44,45)/t24-,26-,27-,28-/m0/s1. The number of aromatic hydroxyl groups is 1. The molecule has 4 rings (SSSR count). The van der Waals surface area contributed by atoms with Crippen LogP contribution >= 0.6 is 0 Å². The zero-order valence-electron chi connectivity index (χ0n) is 25.1. The van der Waals surface area contributed by atoms with E-state index < -0.39 is 47.9 Å². The average molecular weight is 618 g/mol. The molecule has 0 aliphatic heterocycles. The highest BCUT2D eigenvalue weighted by atomic mass is 16.4. The number of hydrogen-bond acceptors (Lipinski definition) is 7. The lowest BCUT2D eigenvalue weighted by molar-refractivity contribution is -0.142. The third kappa shape index (κ3) is 9.16. The molecule has 0 aliphatic carbocycles. The lowest BCUT2D eigenvalue weighted by Crippen LogP contribution is -2.58. The number of fused-ring (bicyclic) bond motifs is 1. The van der Waals surface area contributed by atoms with Crippen LogP contribution in [0.5, 0.6) is 5.75 Å². The molecule has 9 N–H and O–H groups in total. The molecule has 45 heavy (non-hydrogen) atoms. The van der Waals surface area contributed by atoms with Gasteiger partial charge in [-0.1, -0.05) is 44.2 Å². The molecule has 2 heterocycles. The van der Waals surface area contributed by atoms with Crippen LogP contribution in [0.15, 0.2) is 67.3 Å². The third-order valence-electron chi connectivity index (χ3n) is 7.40. The zero-order valence-corrected chi connectivity index (χ0v) is 25.1. The quantitative estimate of drug-likeness (QED) is 0.0977. The van der Waals surface area contributed by atoms with Crippen molar-refractivity contribution < 1.29 is 29.4 Å². The number of aromatic nitrogens is 3. The van der Waals surface area contributed by atoms with E-state index in [4.69, 9.17) is 5.73 Å². The molecule has 0 fully saturated rings. The van der Waals surface area contributed by atoms with E-state index in [9.17, 15) is 29.4 Å². The summed E-state index contributed by atoms with van der Waals surface area (Å²) in [5, 5.41) is 28.6. The number of H-pyrrole nitrogens is 2. The summed E-state index contributed by atoms with van der Waals surface area (Å²) in [4.78, 5) is 62.5. The van der Waals surface area contributed by atoms with Gasteiger partial charge in [-0.2, -0.15) is 0 Å². The van der Waals surface area contributed by atoms with Crippen molar-refractivity contribution in [1.29, 1.82) is 0 Å². The van der Waals surface area contributed by atoms with Crippen molar-refractivity contribution in [2.24, 2.45) is 11.7 Å². The molecular weight excluding hydrogens is 578 g/mol. The Morgan fingerprint density at radius 2 is 1.49 bits per heavy atom. The number of carbonyl (C=O) groups excluding carboxylic acids is 3. The van der Waals surface area contributed by atoms with Crippen LogP contribution in [-0.2, 0) is 38.4 Å². The fraction of sp³-hybridized carbons (Fsp3) is 0.344. The zero-order chi connectivity index (χ0) is 32.5. The average Bonchev–Trinajstić information content (AvgIpc) is 3.66. The predicted molar refractivity (Wildman–Crippen MR) is 167 cm³/mol. The van der Waals surface area contributed by atoms with Crippen molar-refractivity contribution in [2.45, 2.75) is 63.7 Å². The first kappa shape index (κ1) is 32.7. The van der Waals surface area contributed by atoms with E-state index in [0.717, 1.165) is 10.9 Å². The molecule has 3 amide bonds. The molecule has 0 radical (unpaired) electrons. The van der Waals surface area contributed by atoms with Crippen molar-refractivity contribution in [3.8, 4) is 5.75 Å². The van der Waals surface area contributed by atoms with Gasteiger partial charge in [-0.15, -0.1) is 0 Å². The Labute approximate surface area is 260 Å². The Balaban J connectivity index is 1.56. The second-order valence-corrected chi connectivity index (χ2v) is 11.5. The van der Waals surface area contributed by atoms with Gasteiger partial charge in [0.15, 0.2) is 0 Å². The maximum atomic E-state index is 13.7. The highest BCUT2D eigenvalue weighted by Gasteiger charge is 2.31. The maximum Gasteiger partial charge on any atom is 0.326 e. The number of phenolic OH excluding ortho intramolecular Hbond substituents is 1. The van der Waals surface area contributed by atoms with Crippen LogP contribution in [-0.4, -0.2) is 73.0 Å². The highest BCUT2D eigenvalue weighted by Crippen LogP contribution is 2.19. The molecule has 0 bridgehead atoms. The Morgan fingerprint density at radius 1 is 0.844 bits per heavy atom. The van der Waals surface area contributed by atoms with E-state index in [1.807, 2.05) is 38.1 Å². The molecule has 0 saturated carbocycles. The Morgan fingerprint density at radius 3 is 2.13 bits per heavy atom. The topological polar surface area (TPSA) is 215 Å². The number of nitrogens with zero attached hydrogens (tertiary/aromatic N) is 1. The van der Waals surface area contributed by atoms with Gasteiger partial charge in [0.2, 0.25) is 17.7 Å². The van der Waals surface area contributed by atoms with E-state index in [2.05, 4.69) is 30.9 Å². The second-order valence-electron chi connectivity index (χ2n) is 11.5. The number of aromatic amines is 2. The fourth-order valence-corrected chi connectivity index (χ4v) is 5.06. The fourth-order valence-electron chi connectivity index (χ4n) is 5.06. The van der Waals surface area contributed by atoms with Gasteiger partial charge in [0.1, 0.15) is 23.9 Å². The Hall–Kier alpha value is -5.17. The maximum absolute atomic E-state index is 13.7. The summed E-state index contributed by atoms with van der Waals surface area (Å²) < 4.78 is 0. The first-order chi connectivity index (χ1) is 21.5. The normalized spacial score (nSPS) is 14.0. The predicted octanol–water partition coefficient (Wildman–Crippen LogP) is 1.54. The van der Waals surface area contributed by atoms with Crippen LogP contribution in [0, 0.1) is 5.92 Å². The van der Waals surface area contributed by atoms with Gasteiger partial charge < -0.3 is 41.9 Å². The minimum atomic E-state index is -1.30. The van der Waals surface area contributed by atoms with E-state index >= 15 is 0 Å². The number of para-hydroxylation sites is 1. The number of phenols is 1. The van der Waals surface area contributed by atoms with Crippen molar-refractivity contribution in [2.75, 3.05) is 0 Å². The molecule has 4 atom stereocenters. The van der Waals surface area contributed by atoms with Gasteiger partial charge in [0.05, 0.1) is 12.4 Å². The number of carboxylic acids is 1.